The lowest BCUT2D eigenvalue weighted by Gasteiger charge is -2.27. The average molecular weight is 302 g/mol. The molecule has 0 unspecified atom stereocenters. The van der Waals surface area contributed by atoms with Crippen LogP contribution in [0, 0.1) is 0 Å². The van der Waals surface area contributed by atoms with E-state index in [0.717, 1.165) is 0 Å². The number of fused-ring (bicyclic) bond motifs is 1. The molecule has 0 saturated carbocycles. The third kappa shape index (κ3) is 1.96. The molecule has 4 atom stereocenters. The van der Waals surface area contributed by atoms with E-state index in [1.165, 1.54) is 11.8 Å². The molecule has 110 valence electrons. The number of hydrogen-bond acceptors (Lipinski definition) is 9. The molecule has 20 heavy (non-hydrogen) atoms. The van der Waals surface area contributed by atoms with Crippen LogP contribution in [0.5, 0.6) is 0 Å². The fourth-order valence-corrected chi connectivity index (χ4v) is 3.36. The zero-order valence-electron chi connectivity index (χ0n) is 10.3. The molecule has 10 heteroatoms. The number of anilines is 2. The maximum absolute atomic E-state index is 11.7. The van der Waals surface area contributed by atoms with Gasteiger partial charge in [-0.25, -0.2) is 0 Å². The minimum atomic E-state index is -1.20. The number of nitrogens with one attached hydrogen (secondary N) is 1. The largest absolute Gasteiger partial charge is 0.394 e. The summed E-state index contributed by atoms with van der Waals surface area (Å²) in [6.07, 6.45) is -4.12. The third-order valence-electron chi connectivity index (χ3n) is 3.34. The lowest BCUT2D eigenvalue weighted by Crippen LogP contribution is -2.43. The number of nitrogens with two attached hydrogens (primary N) is 1. The number of aliphatic hydroxyl groups is 3. The molecule has 2 aliphatic rings. The van der Waals surface area contributed by atoms with Gasteiger partial charge in [-0.3, -0.25) is 4.79 Å². The second-order valence-corrected chi connectivity index (χ2v) is 5.53. The molecule has 0 spiro atoms. The summed E-state index contributed by atoms with van der Waals surface area (Å²) < 4.78 is 5.43. The summed E-state index contributed by atoms with van der Waals surface area (Å²) in [7, 11) is 0. The molecule has 0 amide bonds. The highest BCUT2D eigenvalue weighted by Gasteiger charge is 2.47. The molecule has 0 aliphatic carbocycles. The van der Waals surface area contributed by atoms with Gasteiger partial charge < -0.3 is 35.7 Å². The zero-order valence-corrected chi connectivity index (χ0v) is 11.1. The highest BCUT2D eigenvalue weighted by atomic mass is 32.2. The Hall–Kier alpha value is -1.33. The molecule has 0 bridgehead atoms. The number of H-pyrrole nitrogens is 1. The summed E-state index contributed by atoms with van der Waals surface area (Å²) in [4.78, 5) is 20.0. The van der Waals surface area contributed by atoms with Crippen molar-refractivity contribution in [3.8, 4) is 0 Å². The molecular formula is C10H14N4O5S. The Kier molecular flexibility index (Phi) is 3.34. The van der Waals surface area contributed by atoms with Crippen LogP contribution in [0.4, 0.5) is 11.8 Å². The van der Waals surface area contributed by atoms with Crippen molar-refractivity contribution >= 4 is 23.5 Å². The minimum Gasteiger partial charge on any atom is -0.394 e. The summed E-state index contributed by atoms with van der Waals surface area (Å²) in [5.74, 6) is 0.717. The molecule has 6 N–H and O–H groups in total. The first-order chi connectivity index (χ1) is 9.52. The first kappa shape index (κ1) is 13.6. The van der Waals surface area contributed by atoms with Crippen LogP contribution in [0.1, 0.15) is 0 Å². The summed E-state index contributed by atoms with van der Waals surface area (Å²) in [6.45, 7) is -0.405. The van der Waals surface area contributed by atoms with E-state index < -0.39 is 36.7 Å². The molecule has 9 nitrogen and oxygen atoms in total. The quantitative estimate of drug-likeness (QED) is 0.405. The first-order valence-electron chi connectivity index (χ1n) is 5.94. The van der Waals surface area contributed by atoms with Crippen molar-refractivity contribution < 1.29 is 20.1 Å². The lowest BCUT2D eigenvalue weighted by atomic mass is 10.1. The van der Waals surface area contributed by atoms with Crippen molar-refractivity contribution in [2.75, 3.05) is 23.1 Å². The Labute approximate surface area is 117 Å². The Morgan fingerprint density at radius 3 is 2.90 bits per heavy atom. The van der Waals surface area contributed by atoms with Crippen LogP contribution in [0.2, 0.25) is 0 Å². The average Bonchev–Trinajstić information content (AvgIpc) is 2.93. The Bertz CT molecular complexity index is 581. The fourth-order valence-electron chi connectivity index (χ4n) is 2.34. The Balaban J connectivity index is 1.94. The standard InChI is InChI=1S/C10H14N4O5S/c11-10-12-7-6(8(18)13-10)20-2-14(7)9-5(17)4(16)3(1-15)19-9/h3-5,9,15-17H,1-2H2,(H3,11,12,13,18)/t3-,4-,5-,9-/m1/s1. The van der Waals surface area contributed by atoms with Crippen molar-refractivity contribution in [3.05, 3.63) is 10.4 Å². The van der Waals surface area contributed by atoms with E-state index in [1.54, 1.807) is 4.90 Å². The predicted octanol–water partition coefficient (Wildman–Crippen LogP) is -2.34. The molecule has 3 rings (SSSR count). The second-order valence-electron chi connectivity index (χ2n) is 4.58. The normalized spacial score (nSPS) is 32.6. The van der Waals surface area contributed by atoms with E-state index in [4.69, 9.17) is 15.6 Å². The number of rotatable bonds is 2. The highest BCUT2D eigenvalue weighted by Crippen LogP contribution is 2.38. The summed E-state index contributed by atoms with van der Waals surface area (Å²) in [5, 5.41) is 28.9. The monoisotopic (exact) mass is 302 g/mol. The van der Waals surface area contributed by atoms with Gasteiger partial charge in [-0.15, -0.1) is 0 Å². The van der Waals surface area contributed by atoms with Gasteiger partial charge in [-0.2, -0.15) is 4.98 Å². The molecule has 2 aliphatic heterocycles. The van der Waals surface area contributed by atoms with Crippen LogP contribution in [0.15, 0.2) is 9.69 Å². The van der Waals surface area contributed by atoms with Gasteiger partial charge in [0.05, 0.1) is 12.5 Å². The minimum absolute atomic E-state index is 0.0343. The molecule has 1 aromatic heterocycles. The fraction of sp³-hybridized carbons (Fsp3) is 0.600. The Morgan fingerprint density at radius 2 is 2.25 bits per heavy atom. The van der Waals surface area contributed by atoms with Crippen molar-refractivity contribution in [1.29, 1.82) is 0 Å². The van der Waals surface area contributed by atoms with E-state index in [0.29, 0.717) is 16.6 Å². The van der Waals surface area contributed by atoms with Crippen LogP contribution in [-0.2, 0) is 4.74 Å². The second kappa shape index (κ2) is 4.90. The molecule has 1 fully saturated rings. The number of aliphatic hydroxyl groups excluding tert-OH is 3. The van der Waals surface area contributed by atoms with Crippen LogP contribution < -0.4 is 16.2 Å². The predicted molar refractivity (Wildman–Crippen MR) is 70.2 cm³/mol. The molecule has 1 aromatic rings. The number of thioether (sulfide) groups is 1. The SMILES string of the molecule is Nc1nc(=O)c2c([nH]1)N([C@@H]1O[C@H](CO)[C@@H](O)[C@H]1O)CS2. The van der Waals surface area contributed by atoms with E-state index in [1.807, 2.05) is 0 Å². The van der Waals surface area contributed by atoms with Crippen molar-refractivity contribution in [1.82, 2.24) is 9.97 Å². The van der Waals surface area contributed by atoms with Gasteiger partial charge in [0, 0.05) is 0 Å². The summed E-state index contributed by atoms with van der Waals surface area (Å²) in [5.41, 5.74) is 5.06. The van der Waals surface area contributed by atoms with Crippen molar-refractivity contribution in [3.63, 3.8) is 0 Å². The van der Waals surface area contributed by atoms with Gasteiger partial charge in [-0.1, -0.05) is 11.8 Å². The third-order valence-corrected chi connectivity index (χ3v) is 4.40. The number of aromatic amines is 1. The Morgan fingerprint density at radius 1 is 1.50 bits per heavy atom. The van der Waals surface area contributed by atoms with Gasteiger partial charge in [-0.05, 0) is 0 Å². The molecular weight excluding hydrogens is 288 g/mol. The zero-order chi connectivity index (χ0) is 14.4. The van der Waals surface area contributed by atoms with Crippen LogP contribution in [0.3, 0.4) is 0 Å². The van der Waals surface area contributed by atoms with Gasteiger partial charge in [0.25, 0.3) is 5.56 Å². The van der Waals surface area contributed by atoms with E-state index in [-0.39, 0.29) is 5.95 Å². The maximum Gasteiger partial charge on any atom is 0.290 e. The van der Waals surface area contributed by atoms with Crippen molar-refractivity contribution in [2.24, 2.45) is 0 Å². The first-order valence-corrected chi connectivity index (χ1v) is 6.93. The maximum atomic E-state index is 11.7. The molecule has 3 heterocycles. The number of nitrogen functional groups attached to an aromatic ring is 1. The van der Waals surface area contributed by atoms with Gasteiger partial charge in [0.15, 0.2) is 6.23 Å². The van der Waals surface area contributed by atoms with Crippen LogP contribution in [-0.4, -0.2) is 62.3 Å². The van der Waals surface area contributed by atoms with Crippen LogP contribution in [0.25, 0.3) is 0 Å². The number of hydrogen-bond donors (Lipinski definition) is 5. The van der Waals surface area contributed by atoms with Crippen molar-refractivity contribution in [2.45, 2.75) is 29.4 Å². The smallest absolute Gasteiger partial charge is 0.290 e. The van der Waals surface area contributed by atoms with Gasteiger partial charge in [0.2, 0.25) is 5.95 Å². The van der Waals surface area contributed by atoms with E-state index in [2.05, 4.69) is 9.97 Å². The molecule has 1 saturated heterocycles. The summed E-state index contributed by atoms with van der Waals surface area (Å²) in [6, 6.07) is 0. The van der Waals surface area contributed by atoms with E-state index >= 15 is 0 Å². The van der Waals surface area contributed by atoms with Gasteiger partial charge >= 0.3 is 0 Å². The number of aromatic nitrogens is 2. The summed E-state index contributed by atoms with van der Waals surface area (Å²) >= 11 is 1.24. The topological polar surface area (TPSA) is 145 Å². The van der Waals surface area contributed by atoms with Gasteiger partial charge in [0.1, 0.15) is 29.0 Å². The number of ether oxygens (including phenoxy) is 1. The molecule has 0 aromatic carbocycles. The highest BCUT2D eigenvalue weighted by molar-refractivity contribution is 7.99. The van der Waals surface area contributed by atoms with Crippen LogP contribution >= 0.6 is 11.8 Å². The van der Waals surface area contributed by atoms with E-state index in [9.17, 15) is 15.0 Å². The number of nitrogens with zero attached hydrogens (tertiary/aromatic N) is 2. The lowest BCUT2D eigenvalue weighted by molar-refractivity contribution is -0.0216. The molecule has 0 radical (unpaired) electrons.